The summed E-state index contributed by atoms with van der Waals surface area (Å²) in [5.41, 5.74) is 0. The van der Waals surface area contributed by atoms with Gasteiger partial charge < -0.3 is 14.2 Å². The van der Waals surface area contributed by atoms with Gasteiger partial charge in [0.2, 0.25) is 0 Å². The van der Waals surface area contributed by atoms with Crippen LogP contribution in [0.3, 0.4) is 0 Å². The highest BCUT2D eigenvalue weighted by Crippen LogP contribution is 2.16. The van der Waals surface area contributed by atoms with Crippen LogP contribution in [-0.2, 0) is 28.6 Å². The second-order valence-corrected chi connectivity index (χ2v) is 19.6. The van der Waals surface area contributed by atoms with Gasteiger partial charge in [-0.1, -0.05) is 249 Å². The topological polar surface area (TPSA) is 78.9 Å². The summed E-state index contributed by atoms with van der Waals surface area (Å²) in [5, 5.41) is 0. The fourth-order valence-corrected chi connectivity index (χ4v) is 8.39. The van der Waals surface area contributed by atoms with E-state index >= 15 is 0 Å². The summed E-state index contributed by atoms with van der Waals surface area (Å²) in [7, 11) is 0. The summed E-state index contributed by atoms with van der Waals surface area (Å²) < 4.78 is 16.9. The summed E-state index contributed by atoms with van der Waals surface area (Å²) in [5.74, 6) is -0.880. The second-order valence-electron chi connectivity index (χ2n) is 19.6. The number of allylic oxidation sites excluding steroid dienone is 8. The maximum absolute atomic E-state index is 12.8. The minimum absolute atomic E-state index is 0.0771. The molecule has 0 aliphatic rings. The van der Waals surface area contributed by atoms with Gasteiger partial charge in [0.1, 0.15) is 13.2 Å². The number of carbonyl (C=O) groups excluding carboxylic acids is 3. The quantitative estimate of drug-likeness (QED) is 0.0262. The molecule has 0 heterocycles. The average Bonchev–Trinajstić information content (AvgIpc) is 3.33. The fourth-order valence-electron chi connectivity index (χ4n) is 8.39. The Morgan fingerprint density at radius 2 is 0.537 bits per heavy atom. The van der Waals surface area contributed by atoms with Gasteiger partial charge in [-0.2, -0.15) is 0 Å². The lowest BCUT2D eigenvalue weighted by molar-refractivity contribution is -0.167. The SMILES string of the molecule is CCCCC/C=C\C/C=C\CCCCCCCCCCCC(=O)OC[C@H](COC(=O)CCCCCCCCCCCCCCCCC)OC(=O)CCCCCCC/C=C\C/C=C\CCCCC. The van der Waals surface area contributed by atoms with Crippen molar-refractivity contribution in [3.05, 3.63) is 48.6 Å². The Morgan fingerprint density at radius 1 is 0.299 bits per heavy atom. The lowest BCUT2D eigenvalue weighted by atomic mass is 10.0. The molecule has 0 aromatic rings. The molecule has 0 saturated heterocycles. The molecule has 0 bridgehead atoms. The first kappa shape index (κ1) is 64.4. The minimum Gasteiger partial charge on any atom is -0.462 e. The standard InChI is InChI=1S/C61H110O6/c1-4-7-10-13-16-19-22-25-28-29-30-31-34-36-39-42-45-48-51-54-60(63)66-57-58(67-61(64)55-52-49-46-43-40-37-33-27-24-21-18-15-12-9-6-3)56-65-59(62)53-50-47-44-41-38-35-32-26-23-20-17-14-11-8-5-2/h16,18-19,21,25,27-28,33,58H,4-15,17,20,22-24,26,29-32,34-57H2,1-3H3/b19-16-,21-18-,28-25-,33-27-/t58-/m0/s1. The molecule has 0 fully saturated rings. The van der Waals surface area contributed by atoms with Crippen LogP contribution in [0.25, 0.3) is 0 Å². The van der Waals surface area contributed by atoms with E-state index in [1.54, 1.807) is 0 Å². The van der Waals surface area contributed by atoms with Crippen molar-refractivity contribution in [3.63, 3.8) is 0 Å². The van der Waals surface area contributed by atoms with Crippen LogP contribution in [0.15, 0.2) is 48.6 Å². The van der Waals surface area contributed by atoms with Crippen molar-refractivity contribution < 1.29 is 28.6 Å². The molecular weight excluding hydrogens is 829 g/mol. The predicted molar refractivity (Wildman–Crippen MR) is 289 cm³/mol. The van der Waals surface area contributed by atoms with Crippen LogP contribution in [0.5, 0.6) is 0 Å². The first-order valence-corrected chi connectivity index (χ1v) is 29.1. The molecule has 0 aliphatic heterocycles. The molecule has 0 spiro atoms. The molecule has 6 nitrogen and oxygen atoms in total. The van der Waals surface area contributed by atoms with Crippen molar-refractivity contribution in [2.45, 2.75) is 309 Å². The van der Waals surface area contributed by atoms with E-state index in [4.69, 9.17) is 14.2 Å². The largest absolute Gasteiger partial charge is 0.462 e. The van der Waals surface area contributed by atoms with Crippen LogP contribution in [0, 0.1) is 0 Å². The number of esters is 3. The Labute approximate surface area is 416 Å². The molecule has 0 unspecified atom stereocenters. The van der Waals surface area contributed by atoms with Crippen LogP contribution in [0.1, 0.15) is 303 Å². The van der Waals surface area contributed by atoms with E-state index in [2.05, 4.69) is 69.4 Å². The summed E-state index contributed by atoms with van der Waals surface area (Å²) in [6.07, 6.45) is 68.1. The lowest BCUT2D eigenvalue weighted by Crippen LogP contribution is -2.30. The van der Waals surface area contributed by atoms with Crippen molar-refractivity contribution in [1.29, 1.82) is 0 Å². The van der Waals surface area contributed by atoms with E-state index in [1.807, 2.05) is 0 Å². The Bertz CT molecular complexity index is 1170. The lowest BCUT2D eigenvalue weighted by Gasteiger charge is -2.18. The Balaban J connectivity index is 4.36. The number of ether oxygens (including phenoxy) is 3. The number of carbonyl (C=O) groups is 3. The average molecular weight is 940 g/mol. The monoisotopic (exact) mass is 939 g/mol. The van der Waals surface area contributed by atoms with Gasteiger partial charge in [-0.25, -0.2) is 0 Å². The van der Waals surface area contributed by atoms with Crippen molar-refractivity contribution in [3.8, 4) is 0 Å². The molecule has 1 atom stereocenters. The third-order valence-corrected chi connectivity index (χ3v) is 12.8. The number of rotatable bonds is 53. The van der Waals surface area contributed by atoms with Crippen LogP contribution in [0.4, 0.5) is 0 Å². The molecule has 0 amide bonds. The maximum atomic E-state index is 12.8. The summed E-state index contributed by atoms with van der Waals surface area (Å²) in [6.45, 7) is 6.61. The Hall–Kier alpha value is -2.63. The highest BCUT2D eigenvalue weighted by atomic mass is 16.6. The summed E-state index contributed by atoms with van der Waals surface area (Å²) >= 11 is 0. The molecule has 6 heteroatoms. The molecule has 0 aromatic carbocycles. The van der Waals surface area contributed by atoms with Crippen LogP contribution in [0.2, 0.25) is 0 Å². The first-order chi connectivity index (χ1) is 33.0. The van der Waals surface area contributed by atoms with Gasteiger partial charge in [-0.3, -0.25) is 14.4 Å². The normalized spacial score (nSPS) is 12.3. The van der Waals surface area contributed by atoms with Gasteiger partial charge in [0, 0.05) is 19.3 Å². The zero-order valence-electron chi connectivity index (χ0n) is 44.7. The first-order valence-electron chi connectivity index (χ1n) is 29.1. The van der Waals surface area contributed by atoms with Crippen molar-refractivity contribution in [1.82, 2.24) is 0 Å². The number of unbranched alkanes of at least 4 members (excludes halogenated alkanes) is 34. The van der Waals surface area contributed by atoms with E-state index in [0.717, 1.165) is 89.9 Å². The van der Waals surface area contributed by atoms with Gasteiger partial charge in [0.15, 0.2) is 6.10 Å². The van der Waals surface area contributed by atoms with Crippen LogP contribution in [-0.4, -0.2) is 37.2 Å². The number of hydrogen-bond donors (Lipinski definition) is 0. The van der Waals surface area contributed by atoms with E-state index < -0.39 is 6.10 Å². The molecule has 0 N–H and O–H groups in total. The van der Waals surface area contributed by atoms with Crippen molar-refractivity contribution in [2.24, 2.45) is 0 Å². The van der Waals surface area contributed by atoms with E-state index in [0.29, 0.717) is 19.3 Å². The van der Waals surface area contributed by atoms with Crippen molar-refractivity contribution >= 4 is 17.9 Å². The smallest absolute Gasteiger partial charge is 0.306 e. The summed E-state index contributed by atoms with van der Waals surface area (Å²) in [4.78, 5) is 38.2. The molecule has 390 valence electrons. The van der Waals surface area contributed by atoms with Gasteiger partial charge in [0.05, 0.1) is 0 Å². The van der Waals surface area contributed by atoms with Gasteiger partial charge >= 0.3 is 17.9 Å². The Morgan fingerprint density at radius 3 is 0.851 bits per heavy atom. The van der Waals surface area contributed by atoms with Gasteiger partial charge in [0.25, 0.3) is 0 Å². The molecule has 0 radical (unpaired) electrons. The van der Waals surface area contributed by atoms with Crippen molar-refractivity contribution in [2.75, 3.05) is 13.2 Å². The molecular formula is C61H110O6. The summed E-state index contributed by atoms with van der Waals surface area (Å²) in [6, 6.07) is 0. The highest BCUT2D eigenvalue weighted by molar-refractivity contribution is 5.71. The van der Waals surface area contributed by atoms with E-state index in [-0.39, 0.29) is 31.1 Å². The molecule has 0 saturated carbocycles. The second kappa shape index (κ2) is 56.0. The zero-order valence-corrected chi connectivity index (χ0v) is 44.7. The van der Waals surface area contributed by atoms with Crippen LogP contribution < -0.4 is 0 Å². The zero-order chi connectivity index (χ0) is 48.6. The third kappa shape index (κ3) is 54.2. The van der Waals surface area contributed by atoms with E-state index in [1.165, 1.54) is 173 Å². The maximum Gasteiger partial charge on any atom is 0.306 e. The predicted octanol–water partition coefficient (Wildman–Crippen LogP) is 19.4. The van der Waals surface area contributed by atoms with Crippen LogP contribution >= 0.6 is 0 Å². The molecule has 0 aromatic heterocycles. The molecule has 0 aliphatic carbocycles. The number of hydrogen-bond acceptors (Lipinski definition) is 6. The highest BCUT2D eigenvalue weighted by Gasteiger charge is 2.19. The van der Waals surface area contributed by atoms with Gasteiger partial charge in [-0.05, 0) is 83.5 Å². The molecule has 0 rings (SSSR count). The fraction of sp³-hybridized carbons (Fsp3) is 0.820. The third-order valence-electron chi connectivity index (χ3n) is 12.8. The molecule has 67 heavy (non-hydrogen) atoms. The van der Waals surface area contributed by atoms with Gasteiger partial charge in [-0.15, -0.1) is 0 Å². The Kier molecular flexibility index (Phi) is 53.8. The minimum atomic E-state index is -0.780. The van der Waals surface area contributed by atoms with E-state index in [9.17, 15) is 14.4 Å².